The molecule has 1 amide bonds. The molecule has 2 atom stereocenters. The Bertz CT molecular complexity index is 638. The van der Waals surface area contributed by atoms with E-state index in [0.29, 0.717) is 6.54 Å². The molecule has 0 aliphatic heterocycles. The first-order valence-corrected chi connectivity index (χ1v) is 8.47. The predicted octanol–water partition coefficient (Wildman–Crippen LogP) is 3.44. The lowest BCUT2D eigenvalue weighted by atomic mass is 10.0. The zero-order chi connectivity index (χ0) is 17.5. The highest BCUT2D eigenvalue weighted by Gasteiger charge is 2.16. The number of anilines is 2. The Morgan fingerprint density at radius 3 is 2.17 bits per heavy atom. The summed E-state index contributed by atoms with van der Waals surface area (Å²) >= 11 is 0. The second-order valence-electron chi connectivity index (χ2n) is 6.11. The Kier molecular flexibility index (Phi) is 6.38. The van der Waals surface area contributed by atoms with E-state index in [4.69, 9.17) is 5.73 Å². The number of para-hydroxylation sites is 1. The molecule has 2 aromatic rings. The van der Waals surface area contributed by atoms with Gasteiger partial charge in [-0.15, -0.1) is 0 Å². The van der Waals surface area contributed by atoms with E-state index in [0.717, 1.165) is 17.8 Å². The molecule has 2 rings (SSSR count). The Hall–Kier alpha value is -2.33. The minimum absolute atomic E-state index is 0.00598. The smallest absolute Gasteiger partial charge is 0.224 e. The molecule has 0 spiro atoms. The van der Waals surface area contributed by atoms with Crippen molar-refractivity contribution in [2.24, 2.45) is 11.7 Å². The summed E-state index contributed by atoms with van der Waals surface area (Å²) in [5.41, 5.74) is 9.15. The molecule has 2 unspecified atom stereocenters. The van der Waals surface area contributed by atoms with Gasteiger partial charge in [-0.2, -0.15) is 0 Å². The Morgan fingerprint density at radius 1 is 1.04 bits per heavy atom. The molecular weight excluding hydrogens is 298 g/mol. The number of benzene rings is 2. The summed E-state index contributed by atoms with van der Waals surface area (Å²) in [6, 6.07) is 18.5. The summed E-state index contributed by atoms with van der Waals surface area (Å²) < 4.78 is 0. The first kappa shape index (κ1) is 18.0. The van der Waals surface area contributed by atoms with E-state index in [-0.39, 0.29) is 17.9 Å². The zero-order valence-electron chi connectivity index (χ0n) is 14.7. The summed E-state index contributed by atoms with van der Waals surface area (Å²) in [5.74, 6) is -0.188. The normalized spacial score (nSPS) is 13.2. The van der Waals surface area contributed by atoms with E-state index < -0.39 is 0 Å². The molecule has 0 saturated carbocycles. The number of hydrogen-bond donors (Lipinski definition) is 2. The first-order chi connectivity index (χ1) is 11.5. The Morgan fingerprint density at radius 2 is 1.62 bits per heavy atom. The Balaban J connectivity index is 2.01. The highest BCUT2D eigenvalue weighted by molar-refractivity contribution is 5.78. The van der Waals surface area contributed by atoms with Gasteiger partial charge in [0.2, 0.25) is 5.91 Å². The summed E-state index contributed by atoms with van der Waals surface area (Å²) in [6.45, 7) is 7.25. The number of rotatable bonds is 7. The van der Waals surface area contributed by atoms with Gasteiger partial charge in [-0.3, -0.25) is 4.79 Å². The van der Waals surface area contributed by atoms with Crippen LogP contribution >= 0.6 is 0 Å². The van der Waals surface area contributed by atoms with E-state index in [9.17, 15) is 4.79 Å². The maximum atomic E-state index is 12.0. The average Bonchev–Trinajstić information content (AvgIpc) is 2.61. The summed E-state index contributed by atoms with van der Waals surface area (Å²) in [5, 5.41) is 2.94. The topological polar surface area (TPSA) is 58.4 Å². The summed E-state index contributed by atoms with van der Waals surface area (Å²) in [7, 11) is 0. The fourth-order valence-electron chi connectivity index (χ4n) is 2.50. The standard InChI is InChI=1S/C20H27N3O/c1-4-23(18-8-6-5-7-9-18)19-12-10-17(11-13-19)14-22-20(24)15(2)16(3)21/h5-13,15-16H,4,14,21H2,1-3H3,(H,22,24). The lowest BCUT2D eigenvalue weighted by Gasteiger charge is -2.23. The van der Waals surface area contributed by atoms with Gasteiger partial charge in [-0.05, 0) is 43.7 Å². The van der Waals surface area contributed by atoms with Crippen molar-refractivity contribution < 1.29 is 4.79 Å². The van der Waals surface area contributed by atoms with Gasteiger partial charge in [0.05, 0.1) is 0 Å². The van der Waals surface area contributed by atoms with E-state index >= 15 is 0 Å². The molecule has 0 radical (unpaired) electrons. The maximum Gasteiger partial charge on any atom is 0.224 e. The largest absolute Gasteiger partial charge is 0.352 e. The molecule has 0 saturated heterocycles. The molecule has 3 N–H and O–H groups in total. The molecule has 2 aromatic carbocycles. The van der Waals surface area contributed by atoms with Crippen LogP contribution in [0.2, 0.25) is 0 Å². The van der Waals surface area contributed by atoms with Crippen LogP contribution in [-0.4, -0.2) is 18.5 Å². The summed E-state index contributed by atoms with van der Waals surface area (Å²) in [6.07, 6.45) is 0. The van der Waals surface area contributed by atoms with Crippen molar-refractivity contribution in [2.75, 3.05) is 11.4 Å². The highest BCUT2D eigenvalue weighted by Crippen LogP contribution is 2.24. The molecule has 0 fully saturated rings. The highest BCUT2D eigenvalue weighted by atomic mass is 16.1. The van der Waals surface area contributed by atoms with Gasteiger partial charge in [-0.1, -0.05) is 37.3 Å². The van der Waals surface area contributed by atoms with E-state index in [1.54, 1.807) is 0 Å². The molecule has 4 nitrogen and oxygen atoms in total. The predicted molar refractivity (Wildman–Crippen MR) is 100 cm³/mol. The van der Waals surface area contributed by atoms with Crippen LogP contribution < -0.4 is 16.0 Å². The minimum atomic E-state index is -0.182. The minimum Gasteiger partial charge on any atom is -0.352 e. The van der Waals surface area contributed by atoms with Crippen molar-refractivity contribution in [2.45, 2.75) is 33.4 Å². The van der Waals surface area contributed by atoms with E-state index in [2.05, 4.69) is 53.5 Å². The number of hydrogen-bond acceptors (Lipinski definition) is 3. The average molecular weight is 325 g/mol. The van der Waals surface area contributed by atoms with Gasteiger partial charge in [-0.25, -0.2) is 0 Å². The van der Waals surface area contributed by atoms with Crippen LogP contribution in [0.3, 0.4) is 0 Å². The SMILES string of the molecule is CCN(c1ccccc1)c1ccc(CNC(=O)C(C)C(C)N)cc1. The maximum absolute atomic E-state index is 12.0. The number of carbonyl (C=O) groups excluding carboxylic acids is 1. The number of carbonyl (C=O) groups is 1. The molecule has 128 valence electrons. The van der Waals surface area contributed by atoms with Gasteiger partial charge in [0.1, 0.15) is 0 Å². The zero-order valence-corrected chi connectivity index (χ0v) is 14.7. The molecule has 0 bridgehead atoms. The van der Waals surface area contributed by atoms with Crippen LogP contribution in [-0.2, 0) is 11.3 Å². The number of amides is 1. The van der Waals surface area contributed by atoms with Crippen molar-refractivity contribution in [3.05, 3.63) is 60.2 Å². The first-order valence-electron chi connectivity index (χ1n) is 8.47. The van der Waals surface area contributed by atoms with E-state index in [1.807, 2.05) is 32.0 Å². The second-order valence-corrected chi connectivity index (χ2v) is 6.11. The van der Waals surface area contributed by atoms with Crippen LogP contribution in [0, 0.1) is 5.92 Å². The van der Waals surface area contributed by atoms with Crippen LogP contribution in [0.1, 0.15) is 26.3 Å². The molecule has 0 heterocycles. The lowest BCUT2D eigenvalue weighted by molar-refractivity contribution is -0.125. The van der Waals surface area contributed by atoms with Gasteiger partial charge in [0.15, 0.2) is 0 Å². The van der Waals surface area contributed by atoms with Crippen molar-refractivity contribution in [3.8, 4) is 0 Å². The van der Waals surface area contributed by atoms with Crippen molar-refractivity contribution in [1.29, 1.82) is 0 Å². The third-order valence-electron chi connectivity index (χ3n) is 4.30. The monoisotopic (exact) mass is 325 g/mol. The molecular formula is C20H27N3O. The van der Waals surface area contributed by atoms with Gasteiger partial charge in [0, 0.05) is 36.4 Å². The Labute approximate surface area is 144 Å². The lowest BCUT2D eigenvalue weighted by Crippen LogP contribution is -2.38. The fourth-order valence-corrected chi connectivity index (χ4v) is 2.50. The van der Waals surface area contributed by atoms with Gasteiger partial charge >= 0.3 is 0 Å². The summed E-state index contributed by atoms with van der Waals surface area (Å²) in [4.78, 5) is 14.2. The number of nitrogens with one attached hydrogen (secondary N) is 1. The van der Waals surface area contributed by atoms with Crippen LogP contribution in [0.5, 0.6) is 0 Å². The molecule has 0 aliphatic rings. The number of nitrogens with zero attached hydrogens (tertiary/aromatic N) is 1. The molecule has 0 aliphatic carbocycles. The van der Waals surface area contributed by atoms with Gasteiger partial charge in [0.25, 0.3) is 0 Å². The quantitative estimate of drug-likeness (QED) is 0.820. The van der Waals surface area contributed by atoms with E-state index in [1.165, 1.54) is 5.69 Å². The van der Waals surface area contributed by atoms with Crippen molar-refractivity contribution >= 4 is 17.3 Å². The molecule has 0 aromatic heterocycles. The second kappa shape index (κ2) is 8.50. The van der Waals surface area contributed by atoms with Crippen LogP contribution in [0.25, 0.3) is 0 Å². The van der Waals surface area contributed by atoms with Crippen LogP contribution in [0.15, 0.2) is 54.6 Å². The number of nitrogens with two attached hydrogens (primary N) is 1. The third kappa shape index (κ3) is 4.59. The molecule has 24 heavy (non-hydrogen) atoms. The third-order valence-corrected chi connectivity index (χ3v) is 4.30. The fraction of sp³-hybridized carbons (Fsp3) is 0.350. The van der Waals surface area contributed by atoms with Crippen molar-refractivity contribution in [3.63, 3.8) is 0 Å². The van der Waals surface area contributed by atoms with Crippen LogP contribution in [0.4, 0.5) is 11.4 Å². The molecule has 4 heteroatoms. The van der Waals surface area contributed by atoms with Crippen molar-refractivity contribution in [1.82, 2.24) is 5.32 Å². The van der Waals surface area contributed by atoms with Gasteiger partial charge < -0.3 is 16.0 Å².